The molecule has 20 heavy (non-hydrogen) atoms. The van der Waals surface area contributed by atoms with E-state index in [-0.39, 0.29) is 10.5 Å². The second-order valence-corrected chi connectivity index (χ2v) is 6.38. The van der Waals surface area contributed by atoms with Gasteiger partial charge in [-0.25, -0.2) is 0 Å². The molecule has 2 aromatic rings. The Morgan fingerprint density at radius 3 is 2.75 bits per heavy atom. The summed E-state index contributed by atoms with van der Waals surface area (Å²) < 4.78 is 5.50. The number of rotatable bonds is 5. The van der Waals surface area contributed by atoms with Crippen LogP contribution in [0.1, 0.15) is 26.7 Å². The summed E-state index contributed by atoms with van der Waals surface area (Å²) in [6, 6.07) is 3.05. The first-order valence-electron chi connectivity index (χ1n) is 6.17. The zero-order valence-corrected chi connectivity index (χ0v) is 12.4. The van der Waals surface area contributed by atoms with Crippen LogP contribution in [-0.2, 0) is 6.42 Å². The highest BCUT2D eigenvalue weighted by Gasteiger charge is 2.16. The van der Waals surface area contributed by atoms with Crippen molar-refractivity contribution < 1.29 is 9.34 Å². The van der Waals surface area contributed by atoms with Gasteiger partial charge in [-0.05, 0) is 26.8 Å². The van der Waals surface area contributed by atoms with Crippen molar-refractivity contribution in [2.75, 3.05) is 6.54 Å². The van der Waals surface area contributed by atoms with Crippen molar-refractivity contribution in [3.05, 3.63) is 28.1 Å². The molecule has 0 fully saturated rings. The zero-order chi connectivity index (χ0) is 14.8. The average molecular weight is 296 g/mol. The second kappa shape index (κ2) is 5.68. The van der Waals surface area contributed by atoms with Gasteiger partial charge in [0.25, 0.3) is 5.89 Å². The Morgan fingerprint density at radius 1 is 1.40 bits per heavy atom. The summed E-state index contributed by atoms with van der Waals surface area (Å²) in [5, 5.41) is 21.9. The summed E-state index contributed by atoms with van der Waals surface area (Å²) in [5.41, 5.74) is 0.0389. The summed E-state index contributed by atoms with van der Waals surface area (Å²) in [4.78, 5) is 10.8. The molecule has 7 nitrogen and oxygen atoms in total. The van der Waals surface area contributed by atoms with E-state index >= 15 is 0 Å². The fourth-order valence-corrected chi connectivity index (χ4v) is 2.28. The summed E-state index contributed by atoms with van der Waals surface area (Å²) in [6.45, 7) is 6.97. The molecule has 0 saturated heterocycles. The highest BCUT2D eigenvalue weighted by Crippen LogP contribution is 2.31. The first kappa shape index (κ1) is 14.6. The molecule has 0 radical (unpaired) electrons. The number of nitrogens with zero attached hydrogens (tertiary/aromatic N) is 3. The normalized spacial score (nSPS) is 11.8. The summed E-state index contributed by atoms with van der Waals surface area (Å²) >= 11 is 1.02. The lowest BCUT2D eigenvalue weighted by Crippen LogP contribution is -2.37. The third kappa shape index (κ3) is 3.84. The molecule has 0 amide bonds. The van der Waals surface area contributed by atoms with E-state index in [4.69, 9.17) is 4.42 Å². The molecule has 2 aromatic heterocycles. The van der Waals surface area contributed by atoms with E-state index in [0.717, 1.165) is 17.9 Å². The number of thiophene rings is 1. The van der Waals surface area contributed by atoms with Crippen molar-refractivity contribution in [2.24, 2.45) is 0 Å². The van der Waals surface area contributed by atoms with E-state index in [1.165, 1.54) is 6.07 Å². The molecule has 8 heteroatoms. The second-order valence-electron chi connectivity index (χ2n) is 5.32. The maximum absolute atomic E-state index is 10.6. The molecule has 0 aromatic carbocycles. The van der Waals surface area contributed by atoms with E-state index in [0.29, 0.717) is 23.1 Å². The molecule has 0 saturated carbocycles. The number of hydrogen-bond donors (Lipinski definition) is 1. The van der Waals surface area contributed by atoms with Gasteiger partial charge in [-0.3, -0.25) is 10.1 Å². The van der Waals surface area contributed by atoms with Crippen molar-refractivity contribution in [3.8, 4) is 10.8 Å². The number of hydrogen-bond acceptors (Lipinski definition) is 7. The molecule has 1 N–H and O–H groups in total. The molecule has 0 bridgehead atoms. The van der Waals surface area contributed by atoms with Gasteiger partial charge in [0.05, 0.1) is 9.80 Å². The lowest BCUT2D eigenvalue weighted by Gasteiger charge is -2.19. The van der Waals surface area contributed by atoms with Crippen LogP contribution in [0.25, 0.3) is 10.8 Å². The smallest absolute Gasteiger partial charge is 0.324 e. The lowest BCUT2D eigenvalue weighted by atomic mass is 10.1. The Morgan fingerprint density at radius 2 is 2.15 bits per heavy atom. The Labute approximate surface area is 120 Å². The van der Waals surface area contributed by atoms with Gasteiger partial charge in [0.2, 0.25) is 5.89 Å². The molecule has 0 aliphatic heterocycles. The fourth-order valence-electron chi connectivity index (χ4n) is 1.54. The van der Waals surface area contributed by atoms with Crippen molar-refractivity contribution in [1.82, 2.24) is 15.5 Å². The van der Waals surface area contributed by atoms with Crippen LogP contribution in [0.5, 0.6) is 0 Å². The van der Waals surface area contributed by atoms with E-state index < -0.39 is 4.92 Å². The van der Waals surface area contributed by atoms with Gasteiger partial charge in [-0.2, -0.15) is 0 Å². The van der Waals surface area contributed by atoms with Gasteiger partial charge in [-0.15, -0.1) is 10.2 Å². The minimum Gasteiger partial charge on any atom is -0.420 e. The SMILES string of the molecule is CC(C)(C)NCCc1nnc(-c2ccc([N+](=O)[O-])s2)o1. The Kier molecular flexibility index (Phi) is 4.15. The Hall–Kier alpha value is -1.80. The highest BCUT2D eigenvalue weighted by molar-refractivity contribution is 7.18. The van der Waals surface area contributed by atoms with Crippen LogP contribution in [0.4, 0.5) is 5.00 Å². The van der Waals surface area contributed by atoms with Crippen LogP contribution in [-0.4, -0.2) is 27.2 Å². The van der Waals surface area contributed by atoms with E-state index in [2.05, 4.69) is 36.3 Å². The monoisotopic (exact) mass is 296 g/mol. The lowest BCUT2D eigenvalue weighted by molar-refractivity contribution is -0.380. The van der Waals surface area contributed by atoms with Gasteiger partial charge in [0.1, 0.15) is 0 Å². The van der Waals surface area contributed by atoms with Crippen LogP contribution < -0.4 is 5.32 Å². The van der Waals surface area contributed by atoms with E-state index in [1.54, 1.807) is 6.07 Å². The quantitative estimate of drug-likeness (QED) is 0.673. The van der Waals surface area contributed by atoms with Crippen LogP contribution in [0.3, 0.4) is 0 Å². The number of aromatic nitrogens is 2. The molecule has 2 heterocycles. The number of nitro groups is 1. The molecule has 0 aliphatic rings. The summed E-state index contributed by atoms with van der Waals surface area (Å²) in [5.74, 6) is 0.849. The predicted molar refractivity (Wildman–Crippen MR) is 75.7 cm³/mol. The van der Waals surface area contributed by atoms with Gasteiger partial charge in [-0.1, -0.05) is 11.3 Å². The fraction of sp³-hybridized carbons (Fsp3) is 0.500. The van der Waals surface area contributed by atoms with E-state index in [9.17, 15) is 10.1 Å². The van der Waals surface area contributed by atoms with Crippen LogP contribution in [0.15, 0.2) is 16.5 Å². The van der Waals surface area contributed by atoms with Crippen molar-refractivity contribution in [2.45, 2.75) is 32.7 Å². The standard InChI is InChI=1S/C12H16N4O3S/c1-12(2,3)13-7-6-9-14-15-11(19-9)8-4-5-10(20-8)16(17)18/h4-5,13H,6-7H2,1-3H3. The largest absolute Gasteiger partial charge is 0.420 e. The van der Waals surface area contributed by atoms with Gasteiger partial charge < -0.3 is 9.73 Å². The molecule has 0 aliphatic carbocycles. The maximum atomic E-state index is 10.6. The van der Waals surface area contributed by atoms with Crippen molar-refractivity contribution >= 4 is 16.3 Å². The molecule has 2 rings (SSSR count). The first-order chi connectivity index (χ1) is 9.35. The average Bonchev–Trinajstić information content (AvgIpc) is 2.94. The molecular weight excluding hydrogens is 280 g/mol. The van der Waals surface area contributed by atoms with Crippen LogP contribution in [0.2, 0.25) is 0 Å². The third-order valence-corrected chi connectivity index (χ3v) is 3.47. The predicted octanol–water partition coefficient (Wildman–Crippen LogP) is 2.64. The highest BCUT2D eigenvalue weighted by atomic mass is 32.1. The number of nitrogens with one attached hydrogen (secondary N) is 1. The summed E-state index contributed by atoms with van der Waals surface area (Å²) in [6.07, 6.45) is 0.623. The molecule has 0 spiro atoms. The topological polar surface area (TPSA) is 94.1 Å². The Balaban J connectivity index is 1.99. The first-order valence-corrected chi connectivity index (χ1v) is 6.99. The minimum atomic E-state index is -0.432. The van der Waals surface area contributed by atoms with Gasteiger partial charge in [0.15, 0.2) is 0 Å². The van der Waals surface area contributed by atoms with Crippen molar-refractivity contribution in [3.63, 3.8) is 0 Å². The third-order valence-electron chi connectivity index (χ3n) is 2.44. The van der Waals surface area contributed by atoms with Gasteiger partial charge in [0, 0.05) is 24.6 Å². The minimum absolute atomic E-state index is 0.0389. The molecule has 108 valence electrons. The molecule has 0 atom stereocenters. The zero-order valence-electron chi connectivity index (χ0n) is 11.5. The van der Waals surface area contributed by atoms with Crippen molar-refractivity contribution in [1.29, 1.82) is 0 Å². The van der Waals surface area contributed by atoms with Gasteiger partial charge >= 0.3 is 5.00 Å². The van der Waals surface area contributed by atoms with E-state index in [1.807, 2.05) is 0 Å². The Bertz CT molecular complexity index is 600. The van der Waals surface area contributed by atoms with Crippen LogP contribution in [0, 0.1) is 10.1 Å². The summed E-state index contributed by atoms with van der Waals surface area (Å²) in [7, 11) is 0. The van der Waals surface area contributed by atoms with Crippen LogP contribution >= 0.6 is 11.3 Å². The maximum Gasteiger partial charge on any atom is 0.324 e. The molecule has 0 unspecified atom stereocenters. The molecular formula is C12H16N4O3S.